The van der Waals surface area contributed by atoms with Crippen molar-refractivity contribution in [3.8, 4) is 0 Å². The molecule has 0 amide bonds. The Morgan fingerprint density at radius 3 is 2.42 bits per heavy atom. The van der Waals surface area contributed by atoms with Gasteiger partial charge < -0.3 is 15.7 Å². The van der Waals surface area contributed by atoms with E-state index in [9.17, 15) is 5.11 Å². The molecule has 3 nitrogen and oxygen atoms in total. The van der Waals surface area contributed by atoms with Crippen LogP contribution in [0.4, 0.5) is 0 Å². The predicted octanol–water partition coefficient (Wildman–Crippen LogP) is 0.365. The van der Waals surface area contributed by atoms with E-state index in [-0.39, 0.29) is 0 Å². The van der Waals surface area contributed by atoms with Gasteiger partial charge in [0.15, 0.2) is 0 Å². The first-order valence-corrected chi connectivity index (χ1v) is 4.41. The first-order chi connectivity index (χ1) is 5.31. The van der Waals surface area contributed by atoms with Crippen molar-refractivity contribution in [3.63, 3.8) is 0 Å². The summed E-state index contributed by atoms with van der Waals surface area (Å²) in [5.74, 6) is 0. The van der Waals surface area contributed by atoms with Gasteiger partial charge in [-0.1, -0.05) is 12.2 Å². The Morgan fingerprint density at radius 2 is 2.08 bits per heavy atom. The topological polar surface area (TPSA) is 49.5 Å². The van der Waals surface area contributed by atoms with E-state index < -0.39 is 5.60 Å². The molecule has 0 bridgehead atoms. The SMILES string of the molecule is CN(CCC(N)=S)CC(C)(C)O. The Bertz CT molecular complexity index is 154. The van der Waals surface area contributed by atoms with Crippen LogP contribution in [0.25, 0.3) is 0 Å². The fourth-order valence-corrected chi connectivity index (χ4v) is 1.13. The van der Waals surface area contributed by atoms with E-state index in [2.05, 4.69) is 0 Å². The largest absolute Gasteiger partial charge is 0.393 e. The van der Waals surface area contributed by atoms with Crippen LogP contribution in [0.15, 0.2) is 0 Å². The van der Waals surface area contributed by atoms with Crippen LogP contribution in [-0.4, -0.2) is 40.7 Å². The maximum absolute atomic E-state index is 9.45. The molecule has 0 saturated heterocycles. The molecule has 0 aliphatic heterocycles. The molecule has 4 heteroatoms. The molecule has 0 rings (SSSR count). The van der Waals surface area contributed by atoms with E-state index in [0.29, 0.717) is 18.0 Å². The monoisotopic (exact) mass is 190 g/mol. The third-order valence-corrected chi connectivity index (χ3v) is 1.60. The molecule has 3 N–H and O–H groups in total. The maximum atomic E-state index is 9.45. The van der Waals surface area contributed by atoms with Crippen LogP contribution < -0.4 is 5.73 Å². The molecule has 0 spiro atoms. The van der Waals surface area contributed by atoms with Gasteiger partial charge in [0.1, 0.15) is 0 Å². The van der Waals surface area contributed by atoms with Gasteiger partial charge in [0, 0.05) is 19.5 Å². The summed E-state index contributed by atoms with van der Waals surface area (Å²) < 4.78 is 0. The Hall–Kier alpha value is -0.190. The van der Waals surface area contributed by atoms with Crippen molar-refractivity contribution in [1.82, 2.24) is 4.90 Å². The van der Waals surface area contributed by atoms with Gasteiger partial charge in [-0.05, 0) is 20.9 Å². The van der Waals surface area contributed by atoms with Gasteiger partial charge in [0.25, 0.3) is 0 Å². The standard InChI is InChI=1S/C8H18N2OS/c1-8(2,11)6-10(3)5-4-7(9)12/h11H,4-6H2,1-3H3,(H2,9,12). The van der Waals surface area contributed by atoms with Crippen LogP contribution in [0.3, 0.4) is 0 Å². The highest BCUT2D eigenvalue weighted by Gasteiger charge is 2.14. The molecule has 0 aliphatic carbocycles. The number of hydrogen-bond donors (Lipinski definition) is 2. The van der Waals surface area contributed by atoms with Gasteiger partial charge in [-0.15, -0.1) is 0 Å². The second kappa shape index (κ2) is 4.74. The maximum Gasteiger partial charge on any atom is 0.0740 e. The lowest BCUT2D eigenvalue weighted by Gasteiger charge is -2.25. The van der Waals surface area contributed by atoms with Gasteiger partial charge >= 0.3 is 0 Å². The molecule has 0 radical (unpaired) electrons. The average molecular weight is 190 g/mol. The molecular weight excluding hydrogens is 172 g/mol. The Morgan fingerprint density at radius 1 is 1.58 bits per heavy atom. The van der Waals surface area contributed by atoms with E-state index in [1.54, 1.807) is 13.8 Å². The molecule has 0 saturated carbocycles. The van der Waals surface area contributed by atoms with Crippen molar-refractivity contribution in [2.24, 2.45) is 5.73 Å². The van der Waals surface area contributed by atoms with E-state index in [1.165, 1.54) is 0 Å². The van der Waals surface area contributed by atoms with Crippen molar-refractivity contribution in [3.05, 3.63) is 0 Å². The number of nitrogens with two attached hydrogens (primary N) is 1. The Labute approximate surface area is 79.5 Å². The number of thiocarbonyl (C=S) groups is 1. The Balaban J connectivity index is 3.60. The number of likely N-dealkylation sites (N-methyl/N-ethyl adjacent to an activating group) is 1. The third kappa shape index (κ3) is 7.91. The number of hydrogen-bond acceptors (Lipinski definition) is 3. The van der Waals surface area contributed by atoms with E-state index >= 15 is 0 Å². The summed E-state index contributed by atoms with van der Waals surface area (Å²) >= 11 is 4.74. The van der Waals surface area contributed by atoms with Crippen molar-refractivity contribution in [2.45, 2.75) is 25.9 Å². The first kappa shape index (κ1) is 11.8. The van der Waals surface area contributed by atoms with Crippen molar-refractivity contribution in [1.29, 1.82) is 0 Å². The zero-order valence-electron chi connectivity index (χ0n) is 8.00. The van der Waals surface area contributed by atoms with Gasteiger partial charge in [-0.3, -0.25) is 0 Å². The zero-order chi connectivity index (χ0) is 9.78. The number of rotatable bonds is 5. The lowest BCUT2D eigenvalue weighted by molar-refractivity contribution is 0.0454. The quantitative estimate of drug-likeness (QED) is 0.615. The van der Waals surface area contributed by atoms with Crippen LogP contribution >= 0.6 is 12.2 Å². The molecule has 0 aromatic heterocycles. The van der Waals surface area contributed by atoms with Crippen LogP contribution in [-0.2, 0) is 0 Å². The molecule has 0 atom stereocenters. The lowest BCUT2D eigenvalue weighted by atomic mass is 10.1. The van der Waals surface area contributed by atoms with Crippen LogP contribution in [0.2, 0.25) is 0 Å². The molecule has 0 fully saturated rings. The Kier molecular flexibility index (Phi) is 4.67. The fraction of sp³-hybridized carbons (Fsp3) is 0.875. The van der Waals surface area contributed by atoms with Crippen LogP contribution in [0.1, 0.15) is 20.3 Å². The normalized spacial score (nSPS) is 12.1. The summed E-state index contributed by atoms with van der Waals surface area (Å²) in [6.45, 7) is 5.00. The summed E-state index contributed by atoms with van der Waals surface area (Å²) in [5, 5.41) is 9.45. The summed E-state index contributed by atoms with van der Waals surface area (Å²) in [6.07, 6.45) is 0.710. The third-order valence-electron chi connectivity index (χ3n) is 1.40. The number of nitrogens with zero attached hydrogens (tertiary/aromatic N) is 1. The highest BCUT2D eigenvalue weighted by atomic mass is 32.1. The lowest BCUT2D eigenvalue weighted by Crippen LogP contribution is -2.37. The molecule has 0 aromatic rings. The first-order valence-electron chi connectivity index (χ1n) is 4.00. The van der Waals surface area contributed by atoms with E-state index in [4.69, 9.17) is 18.0 Å². The predicted molar refractivity (Wildman–Crippen MR) is 55.2 cm³/mol. The highest BCUT2D eigenvalue weighted by molar-refractivity contribution is 7.80. The minimum absolute atomic E-state index is 0.526. The molecule has 12 heavy (non-hydrogen) atoms. The molecule has 0 heterocycles. The molecule has 0 aromatic carbocycles. The number of aliphatic hydroxyl groups is 1. The summed E-state index contributed by atoms with van der Waals surface area (Å²) in [6, 6.07) is 0. The average Bonchev–Trinajstić information content (AvgIpc) is 1.79. The zero-order valence-corrected chi connectivity index (χ0v) is 8.82. The second-order valence-electron chi connectivity index (χ2n) is 3.77. The second-order valence-corrected chi connectivity index (χ2v) is 4.29. The van der Waals surface area contributed by atoms with Crippen molar-refractivity contribution >= 4 is 17.2 Å². The van der Waals surface area contributed by atoms with Gasteiger partial charge in [0.05, 0.1) is 10.6 Å². The summed E-state index contributed by atoms with van der Waals surface area (Å²) in [7, 11) is 1.94. The summed E-state index contributed by atoms with van der Waals surface area (Å²) in [5.41, 5.74) is 4.70. The molecule has 0 aliphatic rings. The minimum atomic E-state index is -0.648. The summed E-state index contributed by atoms with van der Waals surface area (Å²) in [4.78, 5) is 2.54. The highest BCUT2D eigenvalue weighted by Crippen LogP contribution is 2.03. The fourth-order valence-electron chi connectivity index (χ4n) is 1.04. The van der Waals surface area contributed by atoms with Crippen LogP contribution in [0.5, 0.6) is 0 Å². The van der Waals surface area contributed by atoms with E-state index in [1.807, 2.05) is 11.9 Å². The minimum Gasteiger partial charge on any atom is -0.393 e. The van der Waals surface area contributed by atoms with E-state index in [0.717, 1.165) is 6.54 Å². The van der Waals surface area contributed by atoms with Crippen molar-refractivity contribution < 1.29 is 5.11 Å². The van der Waals surface area contributed by atoms with Crippen molar-refractivity contribution in [2.75, 3.05) is 20.1 Å². The molecule has 0 unspecified atom stereocenters. The smallest absolute Gasteiger partial charge is 0.0740 e. The van der Waals surface area contributed by atoms with Gasteiger partial charge in [-0.2, -0.15) is 0 Å². The van der Waals surface area contributed by atoms with Gasteiger partial charge in [0.2, 0.25) is 0 Å². The van der Waals surface area contributed by atoms with Gasteiger partial charge in [-0.25, -0.2) is 0 Å². The molecular formula is C8H18N2OS. The van der Waals surface area contributed by atoms with Crippen LogP contribution in [0, 0.1) is 0 Å². The molecule has 72 valence electrons.